The van der Waals surface area contributed by atoms with Crippen molar-refractivity contribution in [3.05, 3.63) is 0 Å². The Morgan fingerprint density at radius 3 is 2.57 bits per heavy atom. The minimum Gasteiger partial charge on any atom is -0.447 e. The minimum atomic E-state index is -1.63. The SMILES string of the molecule is CCCC[C@@H]1O[C@]23CCCC[C@@H]2C(C#N)(C#N)[C@@]1(C#N)C(=N)O3. The van der Waals surface area contributed by atoms with Gasteiger partial charge in [0.25, 0.3) is 0 Å². The summed E-state index contributed by atoms with van der Waals surface area (Å²) < 4.78 is 12.0. The number of ether oxygens (including phenoxy) is 2. The molecule has 1 spiro atoms. The van der Waals surface area contributed by atoms with E-state index in [4.69, 9.17) is 14.9 Å². The third-order valence-corrected chi connectivity index (χ3v) is 5.75. The van der Waals surface area contributed by atoms with E-state index in [9.17, 15) is 15.8 Å². The summed E-state index contributed by atoms with van der Waals surface area (Å²) in [6.07, 6.45) is 4.56. The third-order valence-electron chi connectivity index (χ3n) is 5.75. The minimum absolute atomic E-state index is 0.256. The molecule has 0 aromatic heterocycles. The van der Waals surface area contributed by atoms with Crippen LogP contribution in [0.25, 0.3) is 0 Å². The first-order chi connectivity index (χ1) is 11.1. The molecule has 6 heteroatoms. The maximum atomic E-state index is 9.94. The molecule has 0 radical (unpaired) electrons. The Morgan fingerprint density at radius 1 is 1.22 bits per heavy atom. The van der Waals surface area contributed by atoms with Crippen LogP contribution in [0.3, 0.4) is 0 Å². The maximum Gasteiger partial charge on any atom is 0.217 e. The Labute approximate surface area is 136 Å². The van der Waals surface area contributed by atoms with E-state index in [2.05, 4.69) is 18.2 Å². The Balaban J connectivity index is 2.21. The molecule has 3 aliphatic heterocycles. The van der Waals surface area contributed by atoms with Crippen molar-refractivity contribution >= 4 is 5.90 Å². The molecule has 3 saturated heterocycles. The number of nitrogens with zero attached hydrogens (tertiary/aromatic N) is 3. The van der Waals surface area contributed by atoms with E-state index in [-0.39, 0.29) is 5.90 Å². The van der Waals surface area contributed by atoms with Crippen LogP contribution in [0.4, 0.5) is 0 Å². The molecule has 1 N–H and O–H groups in total. The Morgan fingerprint density at radius 2 is 1.96 bits per heavy atom. The van der Waals surface area contributed by atoms with Crippen LogP contribution in [0.5, 0.6) is 0 Å². The quantitative estimate of drug-likeness (QED) is 0.860. The molecule has 4 fully saturated rings. The predicted molar refractivity (Wildman–Crippen MR) is 79.6 cm³/mol. The zero-order valence-electron chi connectivity index (χ0n) is 13.3. The molecule has 4 atom stereocenters. The van der Waals surface area contributed by atoms with Gasteiger partial charge in [-0.25, -0.2) is 0 Å². The predicted octanol–water partition coefficient (Wildman–Crippen LogP) is 3.01. The molecule has 3 heterocycles. The van der Waals surface area contributed by atoms with Crippen LogP contribution in [-0.4, -0.2) is 17.8 Å². The van der Waals surface area contributed by atoms with Crippen molar-refractivity contribution in [2.75, 3.05) is 0 Å². The van der Waals surface area contributed by atoms with E-state index in [1.807, 2.05) is 6.92 Å². The fourth-order valence-electron chi connectivity index (χ4n) is 4.62. The van der Waals surface area contributed by atoms with Crippen LogP contribution in [0, 0.1) is 56.2 Å². The Kier molecular flexibility index (Phi) is 3.58. The molecular formula is C17H20N4O2. The number of nitrogens with one attached hydrogen (secondary N) is 1. The van der Waals surface area contributed by atoms with Gasteiger partial charge in [0.1, 0.15) is 0 Å². The molecule has 6 nitrogen and oxygen atoms in total. The van der Waals surface area contributed by atoms with Crippen LogP contribution in [0.1, 0.15) is 51.9 Å². The highest BCUT2D eigenvalue weighted by Crippen LogP contribution is 2.66. The molecule has 23 heavy (non-hydrogen) atoms. The van der Waals surface area contributed by atoms with Crippen molar-refractivity contribution in [3.8, 4) is 18.2 Å². The third kappa shape index (κ3) is 1.66. The molecule has 0 aromatic rings. The number of rotatable bonds is 3. The monoisotopic (exact) mass is 312 g/mol. The van der Waals surface area contributed by atoms with E-state index < -0.39 is 28.6 Å². The van der Waals surface area contributed by atoms with Crippen LogP contribution < -0.4 is 0 Å². The van der Waals surface area contributed by atoms with Gasteiger partial charge >= 0.3 is 0 Å². The van der Waals surface area contributed by atoms with Gasteiger partial charge in [0.15, 0.2) is 10.8 Å². The fourth-order valence-corrected chi connectivity index (χ4v) is 4.62. The highest BCUT2D eigenvalue weighted by molar-refractivity contribution is 5.88. The number of fused-ring (bicyclic) bond motifs is 2. The summed E-state index contributed by atoms with van der Waals surface area (Å²) in [6, 6.07) is 6.39. The van der Waals surface area contributed by atoms with Crippen molar-refractivity contribution in [3.63, 3.8) is 0 Å². The van der Waals surface area contributed by atoms with Gasteiger partial charge in [0, 0.05) is 6.42 Å². The number of hydrogen-bond acceptors (Lipinski definition) is 6. The van der Waals surface area contributed by atoms with E-state index in [0.29, 0.717) is 19.3 Å². The second kappa shape index (κ2) is 5.22. The zero-order valence-corrected chi connectivity index (χ0v) is 13.3. The van der Waals surface area contributed by atoms with Crippen molar-refractivity contribution < 1.29 is 9.47 Å². The highest BCUT2D eigenvalue weighted by Gasteiger charge is 2.79. The van der Waals surface area contributed by atoms with Crippen LogP contribution >= 0.6 is 0 Å². The molecule has 0 amide bonds. The van der Waals surface area contributed by atoms with Gasteiger partial charge in [0.2, 0.25) is 11.7 Å². The van der Waals surface area contributed by atoms with Crippen molar-refractivity contribution in [2.45, 2.75) is 63.8 Å². The van der Waals surface area contributed by atoms with Crippen LogP contribution in [0.15, 0.2) is 0 Å². The van der Waals surface area contributed by atoms with E-state index >= 15 is 0 Å². The summed E-state index contributed by atoms with van der Waals surface area (Å²) in [5.41, 5.74) is -3.20. The lowest BCUT2D eigenvalue weighted by Gasteiger charge is -2.63. The van der Waals surface area contributed by atoms with Gasteiger partial charge in [-0.2, -0.15) is 15.8 Å². The molecule has 0 aromatic carbocycles. The molecule has 0 unspecified atom stereocenters. The first kappa shape index (κ1) is 15.8. The molecule has 120 valence electrons. The van der Waals surface area contributed by atoms with E-state index in [1.54, 1.807) is 0 Å². The van der Waals surface area contributed by atoms with Gasteiger partial charge in [-0.05, 0) is 19.3 Å². The average Bonchev–Trinajstić information content (AvgIpc) is 2.58. The first-order valence-electron chi connectivity index (χ1n) is 8.26. The van der Waals surface area contributed by atoms with Crippen LogP contribution in [0.2, 0.25) is 0 Å². The Hall–Kier alpha value is -2.10. The van der Waals surface area contributed by atoms with E-state index in [0.717, 1.165) is 25.7 Å². The highest BCUT2D eigenvalue weighted by atomic mass is 16.7. The van der Waals surface area contributed by atoms with Gasteiger partial charge in [-0.15, -0.1) is 0 Å². The largest absolute Gasteiger partial charge is 0.447 e. The number of unbranched alkanes of at least 4 members (excludes halogenated alkanes) is 1. The van der Waals surface area contributed by atoms with Crippen LogP contribution in [-0.2, 0) is 9.47 Å². The van der Waals surface area contributed by atoms with E-state index in [1.165, 1.54) is 0 Å². The summed E-state index contributed by atoms with van der Waals surface area (Å²) in [5, 5.41) is 38.1. The Bertz CT molecular complexity index is 641. The van der Waals surface area contributed by atoms with Crippen molar-refractivity contribution in [1.29, 1.82) is 21.2 Å². The molecular weight excluding hydrogens is 292 g/mol. The number of hydrogen-bond donors (Lipinski definition) is 1. The second-order valence-corrected chi connectivity index (χ2v) is 6.74. The van der Waals surface area contributed by atoms with Gasteiger partial charge < -0.3 is 9.47 Å². The molecule has 1 saturated carbocycles. The zero-order chi connectivity index (χ0) is 16.7. The maximum absolute atomic E-state index is 9.94. The molecule has 2 bridgehead atoms. The summed E-state index contributed by atoms with van der Waals surface area (Å²) in [7, 11) is 0. The lowest BCUT2D eigenvalue weighted by atomic mass is 9.48. The van der Waals surface area contributed by atoms with Gasteiger partial charge in [0.05, 0.1) is 30.2 Å². The second-order valence-electron chi connectivity index (χ2n) is 6.74. The lowest BCUT2D eigenvalue weighted by molar-refractivity contribution is -0.358. The smallest absolute Gasteiger partial charge is 0.217 e. The van der Waals surface area contributed by atoms with Crippen molar-refractivity contribution in [1.82, 2.24) is 0 Å². The summed E-state index contributed by atoms with van der Waals surface area (Å²) in [5.74, 6) is -1.82. The lowest BCUT2D eigenvalue weighted by Crippen LogP contribution is -2.75. The van der Waals surface area contributed by atoms with Crippen molar-refractivity contribution in [2.24, 2.45) is 16.7 Å². The van der Waals surface area contributed by atoms with Gasteiger partial charge in [-0.3, -0.25) is 5.41 Å². The fraction of sp³-hybridized carbons (Fsp3) is 0.765. The summed E-state index contributed by atoms with van der Waals surface area (Å²) in [6.45, 7) is 2.03. The van der Waals surface area contributed by atoms with Gasteiger partial charge in [-0.1, -0.05) is 26.2 Å². The normalized spacial score (nSPS) is 40.2. The summed E-state index contributed by atoms with van der Waals surface area (Å²) in [4.78, 5) is 0. The molecule has 4 rings (SSSR count). The number of nitriles is 3. The standard InChI is InChI=1S/C17H20N4O2/c1-2-3-7-13-16(11-20)14(21)23-17(22-13)8-5-4-6-12(17)15(16,9-18)10-19/h12-13,21H,2-8H2,1H3/t12-,13+,16-,17+/m1/s1. The molecule has 1 aliphatic carbocycles. The topological polar surface area (TPSA) is 114 Å². The molecule has 4 aliphatic rings. The first-order valence-corrected chi connectivity index (χ1v) is 8.26. The summed E-state index contributed by atoms with van der Waals surface area (Å²) >= 11 is 0. The average molecular weight is 312 g/mol.